The predicted octanol–water partition coefficient (Wildman–Crippen LogP) is 5.75. The van der Waals surface area contributed by atoms with Crippen LogP contribution in [0.3, 0.4) is 0 Å². The molecule has 2 nitrogen and oxygen atoms in total. The molecule has 3 heteroatoms. The second kappa shape index (κ2) is 10.1. The fraction of sp³-hybridized carbons (Fsp3) is 0.619. The lowest BCUT2D eigenvalue weighted by Crippen LogP contribution is -2.38. The van der Waals surface area contributed by atoms with Gasteiger partial charge in [-0.05, 0) is 38.3 Å². The van der Waals surface area contributed by atoms with Crippen molar-refractivity contribution in [3.05, 3.63) is 41.3 Å². The molecule has 1 aromatic carbocycles. The number of hydrogen-bond donors (Lipinski definition) is 1. The number of aryl methyl sites for hydroxylation is 1. The Bertz CT molecular complexity index is 535. The Morgan fingerprint density at radius 3 is 2.25 bits per heavy atom. The summed E-state index contributed by atoms with van der Waals surface area (Å²) in [5.74, 6) is 0. The fourth-order valence-electron chi connectivity index (χ4n) is 3.26. The second-order valence-corrected chi connectivity index (χ2v) is 8.28. The standard InChI is InChI=1S/C21H34O2S/c1-6-9-11-20(22)21(8-3,16-10-7-2)18(5)24(23)19-14-12-17(4)13-15-19/h12-15,20,22H,5-11,16H2,1-4H3/t20-,21+,24?/m1/s1. The van der Waals surface area contributed by atoms with E-state index in [1.165, 1.54) is 0 Å². The lowest BCUT2D eigenvalue weighted by molar-refractivity contribution is 0.0362. The highest BCUT2D eigenvalue weighted by Crippen LogP contribution is 2.44. The van der Waals surface area contributed by atoms with Crippen molar-refractivity contribution in [1.82, 2.24) is 0 Å². The summed E-state index contributed by atoms with van der Waals surface area (Å²) in [7, 11) is -1.29. The molecule has 0 spiro atoms. The molecule has 0 aromatic heterocycles. The van der Waals surface area contributed by atoms with E-state index >= 15 is 0 Å². The zero-order valence-corrected chi connectivity index (χ0v) is 16.6. The van der Waals surface area contributed by atoms with Crippen molar-refractivity contribution >= 4 is 10.8 Å². The van der Waals surface area contributed by atoms with Crippen LogP contribution in [0.5, 0.6) is 0 Å². The van der Waals surface area contributed by atoms with E-state index in [9.17, 15) is 9.32 Å². The highest BCUT2D eigenvalue weighted by atomic mass is 32.2. The molecule has 3 atom stereocenters. The Balaban J connectivity index is 3.13. The molecular formula is C21H34O2S. The van der Waals surface area contributed by atoms with Gasteiger partial charge < -0.3 is 5.11 Å². The van der Waals surface area contributed by atoms with Gasteiger partial charge in [-0.1, -0.05) is 70.7 Å². The fourth-order valence-corrected chi connectivity index (χ4v) is 4.68. The molecule has 0 bridgehead atoms. The molecule has 0 aliphatic rings. The van der Waals surface area contributed by atoms with E-state index in [0.717, 1.165) is 55.4 Å². The second-order valence-electron chi connectivity index (χ2n) is 6.78. The molecule has 0 fully saturated rings. The third-order valence-electron chi connectivity index (χ3n) is 5.09. The highest BCUT2D eigenvalue weighted by molar-refractivity contribution is 7.89. The van der Waals surface area contributed by atoms with Crippen molar-refractivity contribution in [2.24, 2.45) is 5.41 Å². The van der Waals surface area contributed by atoms with Gasteiger partial charge in [-0.25, -0.2) is 4.21 Å². The number of unbranched alkanes of at least 4 members (excludes halogenated alkanes) is 2. The summed E-state index contributed by atoms with van der Waals surface area (Å²) in [4.78, 5) is 1.47. The maximum atomic E-state index is 13.1. The van der Waals surface area contributed by atoms with E-state index in [1.54, 1.807) is 0 Å². The largest absolute Gasteiger partial charge is 0.392 e. The van der Waals surface area contributed by atoms with E-state index in [0.29, 0.717) is 4.91 Å². The van der Waals surface area contributed by atoms with Crippen molar-refractivity contribution in [2.45, 2.75) is 83.6 Å². The molecule has 0 heterocycles. The first-order valence-electron chi connectivity index (χ1n) is 9.28. The van der Waals surface area contributed by atoms with Crippen LogP contribution in [0, 0.1) is 12.3 Å². The minimum Gasteiger partial charge on any atom is -0.392 e. The van der Waals surface area contributed by atoms with Gasteiger partial charge in [-0.15, -0.1) is 0 Å². The van der Waals surface area contributed by atoms with E-state index in [4.69, 9.17) is 0 Å². The van der Waals surface area contributed by atoms with Crippen LogP contribution in [-0.4, -0.2) is 15.4 Å². The van der Waals surface area contributed by atoms with Gasteiger partial charge in [0.05, 0.1) is 16.9 Å². The van der Waals surface area contributed by atoms with E-state index in [1.807, 2.05) is 31.2 Å². The first-order chi connectivity index (χ1) is 11.4. The maximum Gasteiger partial charge on any atom is 0.0809 e. The minimum absolute atomic E-state index is 0.457. The zero-order valence-electron chi connectivity index (χ0n) is 15.8. The molecule has 136 valence electrons. The van der Waals surface area contributed by atoms with Gasteiger partial charge in [0.1, 0.15) is 0 Å². The summed E-state index contributed by atoms with van der Waals surface area (Å²) >= 11 is 0. The molecule has 1 unspecified atom stereocenters. The van der Waals surface area contributed by atoms with Crippen molar-refractivity contribution in [3.63, 3.8) is 0 Å². The smallest absolute Gasteiger partial charge is 0.0809 e. The molecule has 1 aromatic rings. The van der Waals surface area contributed by atoms with Gasteiger partial charge >= 0.3 is 0 Å². The molecule has 1 rings (SSSR count). The topological polar surface area (TPSA) is 37.3 Å². The van der Waals surface area contributed by atoms with Crippen LogP contribution in [0.1, 0.15) is 71.3 Å². The molecule has 0 amide bonds. The molecule has 1 N–H and O–H groups in total. The quantitative estimate of drug-likeness (QED) is 0.551. The average Bonchev–Trinajstić information content (AvgIpc) is 2.60. The molecule has 0 aliphatic heterocycles. The molecule has 0 aliphatic carbocycles. The summed E-state index contributed by atoms with van der Waals surface area (Å²) in [6, 6.07) is 7.78. The minimum atomic E-state index is -1.29. The van der Waals surface area contributed by atoms with E-state index in [2.05, 4.69) is 27.4 Å². The van der Waals surface area contributed by atoms with Crippen molar-refractivity contribution < 1.29 is 9.32 Å². The van der Waals surface area contributed by atoms with E-state index < -0.39 is 22.3 Å². The van der Waals surface area contributed by atoms with Crippen LogP contribution in [0.25, 0.3) is 0 Å². The van der Waals surface area contributed by atoms with Gasteiger partial charge in [0, 0.05) is 15.2 Å². The van der Waals surface area contributed by atoms with Crippen LogP contribution in [0.4, 0.5) is 0 Å². The summed E-state index contributed by atoms with van der Waals surface area (Å²) in [5.41, 5.74) is 0.693. The number of hydrogen-bond acceptors (Lipinski definition) is 2. The predicted molar refractivity (Wildman–Crippen MR) is 105 cm³/mol. The van der Waals surface area contributed by atoms with Gasteiger partial charge in [0.2, 0.25) is 0 Å². The highest BCUT2D eigenvalue weighted by Gasteiger charge is 2.40. The van der Waals surface area contributed by atoms with E-state index in [-0.39, 0.29) is 0 Å². The van der Waals surface area contributed by atoms with Crippen LogP contribution in [0.2, 0.25) is 0 Å². The normalized spacial score (nSPS) is 16.4. The van der Waals surface area contributed by atoms with Crippen LogP contribution >= 0.6 is 0 Å². The third kappa shape index (κ3) is 5.03. The molecule has 0 radical (unpaired) electrons. The average molecular weight is 351 g/mol. The lowest BCUT2D eigenvalue weighted by Gasteiger charge is -2.39. The monoisotopic (exact) mass is 350 g/mol. The molecular weight excluding hydrogens is 316 g/mol. The summed E-state index contributed by atoms with van der Waals surface area (Å²) in [5, 5.41) is 10.9. The molecule has 0 saturated carbocycles. The van der Waals surface area contributed by atoms with Crippen LogP contribution in [0.15, 0.2) is 40.6 Å². The first-order valence-corrected chi connectivity index (χ1v) is 10.4. The zero-order chi connectivity index (χ0) is 18.2. The van der Waals surface area contributed by atoms with Crippen molar-refractivity contribution in [1.29, 1.82) is 0 Å². The van der Waals surface area contributed by atoms with Gasteiger partial charge in [0.25, 0.3) is 0 Å². The Kier molecular flexibility index (Phi) is 8.93. The van der Waals surface area contributed by atoms with Gasteiger partial charge in [0.15, 0.2) is 0 Å². The SMILES string of the molecule is C=C(S(=O)c1ccc(C)cc1)[C@](CC)(CCCC)[C@H](O)CCCC. The Labute approximate surface area is 150 Å². The first kappa shape index (κ1) is 21.1. The van der Waals surface area contributed by atoms with Gasteiger partial charge in [-0.3, -0.25) is 0 Å². The molecule has 0 saturated heterocycles. The number of aliphatic hydroxyl groups is 1. The summed E-state index contributed by atoms with van der Waals surface area (Å²) in [6.45, 7) is 12.6. The maximum absolute atomic E-state index is 13.1. The van der Waals surface area contributed by atoms with Crippen molar-refractivity contribution in [3.8, 4) is 0 Å². The molecule has 24 heavy (non-hydrogen) atoms. The number of benzene rings is 1. The van der Waals surface area contributed by atoms with Crippen LogP contribution in [-0.2, 0) is 10.8 Å². The summed E-state index contributed by atoms with van der Waals surface area (Å²) in [6.07, 6.45) is 6.01. The third-order valence-corrected chi connectivity index (χ3v) is 6.64. The van der Waals surface area contributed by atoms with Crippen molar-refractivity contribution in [2.75, 3.05) is 0 Å². The summed E-state index contributed by atoms with van der Waals surface area (Å²) < 4.78 is 13.1. The Morgan fingerprint density at radius 2 is 1.75 bits per heavy atom. The van der Waals surface area contributed by atoms with Crippen LogP contribution < -0.4 is 0 Å². The Morgan fingerprint density at radius 1 is 1.17 bits per heavy atom. The number of aliphatic hydroxyl groups excluding tert-OH is 1. The Hall–Kier alpha value is -0.930. The van der Waals surface area contributed by atoms with Gasteiger partial charge in [-0.2, -0.15) is 0 Å². The lowest BCUT2D eigenvalue weighted by atomic mass is 9.73. The number of rotatable bonds is 11.